The first-order valence-corrected chi connectivity index (χ1v) is 20.3. The Bertz CT molecular complexity index is 2190. The summed E-state index contributed by atoms with van der Waals surface area (Å²) in [6.07, 6.45) is -0.549. The first-order chi connectivity index (χ1) is 28.8. The van der Waals surface area contributed by atoms with Crippen molar-refractivity contribution >= 4 is 46.1 Å². The summed E-state index contributed by atoms with van der Waals surface area (Å²) in [6.45, 7) is 8.28. The predicted octanol–water partition coefficient (Wildman–Crippen LogP) is 6.11. The van der Waals surface area contributed by atoms with E-state index in [2.05, 4.69) is 57.0 Å². The molecule has 4 heterocycles. The smallest absolute Gasteiger partial charge is 0.407 e. The second-order valence-corrected chi connectivity index (χ2v) is 16.2. The van der Waals surface area contributed by atoms with Crippen LogP contribution in [0.3, 0.4) is 0 Å². The summed E-state index contributed by atoms with van der Waals surface area (Å²) in [4.78, 5) is 72.1. The molecule has 60 heavy (non-hydrogen) atoms. The molecule has 318 valence electrons. The van der Waals surface area contributed by atoms with Gasteiger partial charge in [0.05, 0.1) is 60.6 Å². The molecule has 0 spiro atoms. The lowest BCUT2D eigenvalue weighted by molar-refractivity contribution is -0.136. The summed E-state index contributed by atoms with van der Waals surface area (Å²) >= 11 is 0. The highest BCUT2D eigenvalue weighted by Crippen LogP contribution is 2.37. The number of imidazole rings is 2. The fraction of sp³-hybridized carbons (Fsp3) is 0.455. The quantitative estimate of drug-likeness (QED) is 0.114. The summed E-state index contributed by atoms with van der Waals surface area (Å²) < 4.78 is 20.9. The number of H-pyrrole nitrogens is 2. The first-order valence-electron chi connectivity index (χ1n) is 20.3. The number of aromatic nitrogens is 4. The Balaban J connectivity index is 1.09. The highest BCUT2D eigenvalue weighted by Gasteiger charge is 2.43. The van der Waals surface area contributed by atoms with Crippen LogP contribution in [0, 0.1) is 11.8 Å². The maximum Gasteiger partial charge on any atom is 0.407 e. The van der Waals surface area contributed by atoms with Gasteiger partial charge in [0.15, 0.2) is 0 Å². The number of likely N-dealkylation sites (tertiary alicyclic amines) is 2. The number of ether oxygens (including phenoxy) is 4. The molecule has 2 aliphatic rings. The molecule has 0 radical (unpaired) electrons. The standard InChI is InChI=1S/C44H54N8O8/c1-23(2)37(49-43(55)59-7)41(53)51-21-29(57-5)19-35(51)39-45-31-15-13-27(17-33(31)47-39)25-9-11-26(12-10-25)28-14-16-32-34(18-28)48-40(46-32)36-20-30(58-6)22-52(36)42(54)38(24(3)4)50-44(56)60-8/h9-18,23-24,29-30,35-38H,19-22H2,1-8H3,(H,45,47)(H,46,48)(H,49,55)(H,50,56)/t29-,30-,35-,36-,37-,38-/m0/s1. The number of carbonyl (C=O) groups excluding carboxylic acids is 4. The van der Waals surface area contributed by atoms with Crippen molar-refractivity contribution in [3.8, 4) is 22.3 Å². The van der Waals surface area contributed by atoms with E-state index in [0.717, 1.165) is 44.3 Å². The van der Waals surface area contributed by atoms with Crippen LogP contribution in [-0.2, 0) is 28.5 Å². The van der Waals surface area contributed by atoms with Crippen molar-refractivity contribution in [2.75, 3.05) is 41.5 Å². The molecule has 2 fully saturated rings. The van der Waals surface area contributed by atoms with E-state index in [-0.39, 0.29) is 47.9 Å². The molecule has 2 saturated heterocycles. The molecular weight excluding hydrogens is 769 g/mol. The minimum Gasteiger partial charge on any atom is -0.453 e. The Kier molecular flexibility index (Phi) is 12.4. The third kappa shape index (κ3) is 8.52. The van der Waals surface area contributed by atoms with Crippen LogP contribution < -0.4 is 10.6 Å². The summed E-state index contributed by atoms with van der Waals surface area (Å²) in [6, 6.07) is 18.2. The molecule has 2 aliphatic heterocycles. The zero-order valence-electron chi connectivity index (χ0n) is 35.3. The third-order valence-corrected chi connectivity index (χ3v) is 11.7. The lowest BCUT2D eigenvalue weighted by Crippen LogP contribution is -2.51. The van der Waals surface area contributed by atoms with E-state index in [0.29, 0.717) is 37.6 Å². The number of nitrogens with zero attached hydrogens (tertiary/aromatic N) is 4. The zero-order chi connectivity index (χ0) is 42.8. The molecule has 2 aromatic heterocycles. The molecule has 4 amide bonds. The Labute approximate surface area is 348 Å². The number of carbonyl (C=O) groups is 4. The van der Waals surface area contributed by atoms with Crippen molar-refractivity contribution < 1.29 is 38.1 Å². The van der Waals surface area contributed by atoms with E-state index in [1.54, 1.807) is 24.0 Å². The van der Waals surface area contributed by atoms with Crippen molar-refractivity contribution in [2.24, 2.45) is 11.8 Å². The Morgan fingerprint density at radius 3 is 1.30 bits per heavy atom. The van der Waals surface area contributed by atoms with Crippen molar-refractivity contribution in [1.82, 2.24) is 40.4 Å². The van der Waals surface area contributed by atoms with Gasteiger partial charge in [0.1, 0.15) is 23.7 Å². The van der Waals surface area contributed by atoms with Crippen LogP contribution in [0.1, 0.15) is 64.3 Å². The minimum atomic E-state index is -0.764. The number of methoxy groups -OCH3 is 4. The number of aromatic amines is 2. The van der Waals surface area contributed by atoms with Gasteiger partial charge < -0.3 is 49.3 Å². The molecule has 7 rings (SSSR count). The number of hydrogen-bond donors (Lipinski definition) is 4. The van der Waals surface area contributed by atoms with Gasteiger partial charge in [-0.2, -0.15) is 0 Å². The van der Waals surface area contributed by atoms with E-state index >= 15 is 0 Å². The molecule has 16 heteroatoms. The van der Waals surface area contributed by atoms with Crippen molar-refractivity contribution in [3.63, 3.8) is 0 Å². The van der Waals surface area contributed by atoms with E-state index in [4.69, 9.17) is 28.9 Å². The molecule has 0 unspecified atom stereocenters. The molecule has 0 bridgehead atoms. The van der Waals surface area contributed by atoms with Crippen LogP contribution in [0.5, 0.6) is 0 Å². The van der Waals surface area contributed by atoms with Gasteiger partial charge in [0.2, 0.25) is 11.8 Å². The van der Waals surface area contributed by atoms with E-state index in [1.807, 2.05) is 52.0 Å². The fourth-order valence-corrected chi connectivity index (χ4v) is 8.29. The molecule has 5 aromatic rings. The van der Waals surface area contributed by atoms with Gasteiger partial charge in [-0.25, -0.2) is 19.6 Å². The maximum atomic E-state index is 13.8. The van der Waals surface area contributed by atoms with E-state index in [9.17, 15) is 19.2 Å². The highest BCUT2D eigenvalue weighted by atomic mass is 16.5. The van der Waals surface area contributed by atoms with Crippen LogP contribution in [-0.4, -0.2) is 120 Å². The summed E-state index contributed by atoms with van der Waals surface area (Å²) in [5.41, 5.74) is 7.28. The van der Waals surface area contributed by atoms with Gasteiger partial charge >= 0.3 is 12.2 Å². The SMILES string of the molecule is COC(=O)N[C@H](C(=O)N1C[C@@H](OC)C[C@H]1c1nc2ccc(-c3ccc(-c4ccc5nc([C@@H]6C[C@H](OC)CN6C(=O)[C@@H](NC(=O)OC)C(C)C)[nH]c5c4)cc3)cc2[nH]1)C(C)C. The van der Waals surface area contributed by atoms with Crippen LogP contribution in [0.15, 0.2) is 60.7 Å². The molecule has 16 nitrogen and oxygen atoms in total. The third-order valence-electron chi connectivity index (χ3n) is 11.7. The van der Waals surface area contributed by atoms with Gasteiger partial charge in [-0.15, -0.1) is 0 Å². The molecule has 4 N–H and O–H groups in total. The number of amides is 4. The van der Waals surface area contributed by atoms with Crippen molar-refractivity contribution in [1.29, 1.82) is 0 Å². The molecule has 6 atom stereocenters. The number of benzene rings is 3. The van der Waals surface area contributed by atoms with Crippen LogP contribution in [0.4, 0.5) is 9.59 Å². The normalized spacial score (nSPS) is 20.2. The summed E-state index contributed by atoms with van der Waals surface area (Å²) in [5.74, 6) is 0.556. The van der Waals surface area contributed by atoms with Crippen LogP contribution in [0.2, 0.25) is 0 Å². The zero-order valence-corrected chi connectivity index (χ0v) is 35.3. The number of rotatable bonds is 12. The molecule has 3 aromatic carbocycles. The maximum absolute atomic E-state index is 13.8. The van der Waals surface area contributed by atoms with Gasteiger partial charge in [0, 0.05) is 40.2 Å². The van der Waals surface area contributed by atoms with E-state index in [1.165, 1.54) is 14.2 Å². The first kappa shape index (κ1) is 42.1. The second kappa shape index (κ2) is 17.7. The van der Waals surface area contributed by atoms with Crippen molar-refractivity contribution in [3.05, 3.63) is 72.3 Å². The number of hydrogen-bond acceptors (Lipinski definition) is 10. The Morgan fingerprint density at radius 2 is 0.967 bits per heavy atom. The summed E-state index contributed by atoms with van der Waals surface area (Å²) in [5, 5.41) is 5.39. The lowest BCUT2D eigenvalue weighted by Gasteiger charge is -2.29. The Morgan fingerprint density at radius 1 is 0.600 bits per heavy atom. The Hall–Kier alpha value is -6.00. The minimum absolute atomic E-state index is 0.163. The number of alkyl carbamates (subject to hydrolysis) is 2. The highest BCUT2D eigenvalue weighted by molar-refractivity contribution is 5.88. The van der Waals surface area contributed by atoms with Crippen LogP contribution >= 0.6 is 0 Å². The van der Waals surface area contributed by atoms with E-state index < -0.39 is 24.3 Å². The topological polar surface area (TPSA) is 193 Å². The summed E-state index contributed by atoms with van der Waals surface area (Å²) in [7, 11) is 5.82. The average molecular weight is 823 g/mol. The van der Waals surface area contributed by atoms with Gasteiger partial charge in [-0.1, -0.05) is 64.1 Å². The largest absolute Gasteiger partial charge is 0.453 e. The molecule has 0 saturated carbocycles. The lowest BCUT2D eigenvalue weighted by atomic mass is 10.00. The number of nitrogens with one attached hydrogen (secondary N) is 4. The van der Waals surface area contributed by atoms with Gasteiger partial charge in [0.25, 0.3) is 0 Å². The molecule has 0 aliphatic carbocycles. The van der Waals surface area contributed by atoms with Gasteiger partial charge in [-0.3, -0.25) is 9.59 Å². The van der Waals surface area contributed by atoms with Gasteiger partial charge in [-0.05, 0) is 58.4 Å². The monoisotopic (exact) mass is 822 g/mol. The fourth-order valence-electron chi connectivity index (χ4n) is 8.29. The predicted molar refractivity (Wildman–Crippen MR) is 225 cm³/mol. The second-order valence-electron chi connectivity index (χ2n) is 16.2. The van der Waals surface area contributed by atoms with Crippen LogP contribution in [0.25, 0.3) is 44.3 Å². The average Bonchev–Trinajstić information content (AvgIpc) is 4.07. The van der Waals surface area contributed by atoms with Crippen molar-refractivity contribution in [2.45, 2.75) is 76.9 Å². The molecular formula is C44H54N8O8. The number of fused-ring (bicyclic) bond motifs is 2.